The Kier molecular flexibility index (Phi) is 2.81. The number of aromatic nitrogens is 2. The molecule has 0 aliphatic carbocycles. The second kappa shape index (κ2) is 4.45. The molecule has 2 aromatic rings. The number of piperidine rings is 1. The van der Waals surface area contributed by atoms with Crippen LogP contribution in [0.15, 0.2) is 24.5 Å². The molecule has 3 nitrogen and oxygen atoms in total. The summed E-state index contributed by atoms with van der Waals surface area (Å²) in [4.78, 5) is 4.25. The number of halogens is 1. The molecular formula is C13H16FN3. The summed E-state index contributed by atoms with van der Waals surface area (Å²) in [6, 6.07) is 5.06. The van der Waals surface area contributed by atoms with Crippen LogP contribution in [0.1, 0.15) is 12.8 Å². The minimum Gasteiger partial charge on any atom is -0.328 e. The smallest absolute Gasteiger partial charge is 0.149 e. The number of nitrogens with one attached hydrogen (secondary N) is 1. The zero-order valence-electron chi connectivity index (χ0n) is 9.69. The molecule has 17 heavy (non-hydrogen) atoms. The molecule has 1 aliphatic rings. The maximum absolute atomic E-state index is 13.8. The van der Waals surface area contributed by atoms with E-state index in [-0.39, 0.29) is 5.82 Å². The molecule has 2 heterocycles. The molecular weight excluding hydrogens is 217 g/mol. The second-order valence-corrected chi connectivity index (χ2v) is 4.72. The van der Waals surface area contributed by atoms with E-state index in [1.54, 1.807) is 12.4 Å². The van der Waals surface area contributed by atoms with Gasteiger partial charge in [-0.3, -0.25) is 0 Å². The summed E-state index contributed by atoms with van der Waals surface area (Å²) in [5.41, 5.74) is 1.38. The molecule has 1 aromatic carbocycles. The molecule has 0 saturated carbocycles. The van der Waals surface area contributed by atoms with E-state index >= 15 is 0 Å². The number of rotatable bonds is 2. The van der Waals surface area contributed by atoms with Crippen molar-refractivity contribution in [2.24, 2.45) is 5.92 Å². The van der Waals surface area contributed by atoms with Crippen LogP contribution in [0.2, 0.25) is 0 Å². The van der Waals surface area contributed by atoms with Crippen LogP contribution in [0, 0.1) is 11.7 Å². The Bertz CT molecular complexity index is 514. The van der Waals surface area contributed by atoms with E-state index in [0.29, 0.717) is 11.4 Å². The highest BCUT2D eigenvalue weighted by atomic mass is 19.1. The zero-order valence-corrected chi connectivity index (χ0v) is 9.69. The molecule has 1 aliphatic heterocycles. The molecule has 1 fully saturated rings. The number of fused-ring (bicyclic) bond motifs is 1. The topological polar surface area (TPSA) is 29.9 Å². The van der Waals surface area contributed by atoms with Crippen LogP contribution in [-0.4, -0.2) is 22.6 Å². The van der Waals surface area contributed by atoms with E-state index in [0.717, 1.165) is 25.2 Å². The normalized spacial score (nSPS) is 20.9. The standard InChI is InChI=1S/C13H16FN3/c14-11-4-1-5-12-13(11)17(9-16-12)8-10-3-2-6-15-7-10/h1,4-5,9-10,15H,2-3,6-8H2. The Hall–Kier alpha value is -1.42. The zero-order chi connectivity index (χ0) is 11.7. The van der Waals surface area contributed by atoms with Crippen molar-refractivity contribution in [3.63, 3.8) is 0 Å². The summed E-state index contributed by atoms with van der Waals surface area (Å²) >= 11 is 0. The van der Waals surface area contributed by atoms with Crippen LogP contribution >= 0.6 is 0 Å². The molecule has 4 heteroatoms. The summed E-state index contributed by atoms with van der Waals surface area (Å²) in [7, 11) is 0. The maximum Gasteiger partial charge on any atom is 0.149 e. The first kappa shape index (κ1) is 10.7. The lowest BCUT2D eigenvalue weighted by molar-refractivity contribution is 0.339. The van der Waals surface area contributed by atoms with Crippen LogP contribution in [-0.2, 0) is 6.54 Å². The molecule has 1 unspecified atom stereocenters. The Balaban J connectivity index is 1.89. The molecule has 0 bridgehead atoms. The van der Waals surface area contributed by atoms with Crippen LogP contribution in [0.5, 0.6) is 0 Å². The average molecular weight is 233 g/mol. The molecule has 0 radical (unpaired) electrons. The highest BCUT2D eigenvalue weighted by Gasteiger charge is 2.15. The lowest BCUT2D eigenvalue weighted by Gasteiger charge is -2.23. The minimum atomic E-state index is -0.177. The van der Waals surface area contributed by atoms with E-state index in [2.05, 4.69) is 10.3 Å². The number of para-hydroxylation sites is 1. The van der Waals surface area contributed by atoms with Gasteiger partial charge in [0.1, 0.15) is 11.3 Å². The average Bonchev–Trinajstić information content (AvgIpc) is 2.75. The van der Waals surface area contributed by atoms with E-state index in [1.807, 2.05) is 10.6 Å². The fourth-order valence-corrected chi connectivity index (χ4v) is 2.58. The number of benzene rings is 1. The predicted molar refractivity (Wildman–Crippen MR) is 65.3 cm³/mol. The van der Waals surface area contributed by atoms with E-state index in [1.165, 1.54) is 18.9 Å². The monoisotopic (exact) mass is 233 g/mol. The fourth-order valence-electron chi connectivity index (χ4n) is 2.58. The van der Waals surface area contributed by atoms with E-state index in [4.69, 9.17) is 0 Å². The van der Waals surface area contributed by atoms with Gasteiger partial charge in [0, 0.05) is 6.54 Å². The highest BCUT2D eigenvalue weighted by Crippen LogP contribution is 2.20. The van der Waals surface area contributed by atoms with Crippen molar-refractivity contribution in [3.05, 3.63) is 30.3 Å². The summed E-state index contributed by atoms with van der Waals surface area (Å²) in [6.45, 7) is 2.98. The van der Waals surface area contributed by atoms with Gasteiger partial charge in [0.15, 0.2) is 0 Å². The van der Waals surface area contributed by atoms with Gasteiger partial charge in [-0.1, -0.05) is 6.07 Å². The van der Waals surface area contributed by atoms with Gasteiger partial charge in [0.2, 0.25) is 0 Å². The van der Waals surface area contributed by atoms with Crippen molar-refractivity contribution in [2.75, 3.05) is 13.1 Å². The van der Waals surface area contributed by atoms with E-state index in [9.17, 15) is 4.39 Å². The highest BCUT2D eigenvalue weighted by molar-refractivity contribution is 5.75. The van der Waals surface area contributed by atoms with Gasteiger partial charge in [-0.25, -0.2) is 9.37 Å². The number of hydrogen-bond acceptors (Lipinski definition) is 2. The van der Waals surface area contributed by atoms with E-state index < -0.39 is 0 Å². The van der Waals surface area contributed by atoms with Crippen molar-refractivity contribution in [1.82, 2.24) is 14.9 Å². The van der Waals surface area contributed by atoms with Crippen LogP contribution < -0.4 is 5.32 Å². The first-order valence-electron chi connectivity index (χ1n) is 6.14. The van der Waals surface area contributed by atoms with Gasteiger partial charge in [-0.15, -0.1) is 0 Å². The molecule has 90 valence electrons. The molecule has 1 aromatic heterocycles. The third-order valence-electron chi connectivity index (χ3n) is 3.44. The van der Waals surface area contributed by atoms with Crippen LogP contribution in [0.3, 0.4) is 0 Å². The summed E-state index contributed by atoms with van der Waals surface area (Å²) in [6.07, 6.45) is 4.17. The van der Waals surface area contributed by atoms with Crippen LogP contribution in [0.4, 0.5) is 4.39 Å². The quantitative estimate of drug-likeness (QED) is 0.861. The number of hydrogen-bond donors (Lipinski definition) is 1. The first-order chi connectivity index (χ1) is 8.34. The number of imidazole rings is 1. The van der Waals surface area contributed by atoms with Crippen molar-refractivity contribution in [1.29, 1.82) is 0 Å². The molecule has 1 N–H and O–H groups in total. The number of nitrogens with zero attached hydrogens (tertiary/aromatic N) is 2. The largest absolute Gasteiger partial charge is 0.328 e. The lowest BCUT2D eigenvalue weighted by Crippen LogP contribution is -2.32. The third kappa shape index (κ3) is 2.05. The van der Waals surface area contributed by atoms with Crippen molar-refractivity contribution in [2.45, 2.75) is 19.4 Å². The maximum atomic E-state index is 13.8. The SMILES string of the molecule is Fc1cccc2ncn(CC3CCCNC3)c12. The predicted octanol–water partition coefficient (Wildman–Crippen LogP) is 2.17. The van der Waals surface area contributed by atoms with Gasteiger partial charge in [0.25, 0.3) is 0 Å². The Morgan fingerprint density at radius 1 is 1.47 bits per heavy atom. The van der Waals surface area contributed by atoms with Gasteiger partial charge in [-0.2, -0.15) is 0 Å². The summed E-state index contributed by atoms with van der Waals surface area (Å²) < 4.78 is 15.7. The molecule has 1 saturated heterocycles. The third-order valence-corrected chi connectivity index (χ3v) is 3.44. The first-order valence-corrected chi connectivity index (χ1v) is 6.14. The Morgan fingerprint density at radius 2 is 2.41 bits per heavy atom. The van der Waals surface area contributed by atoms with Crippen molar-refractivity contribution < 1.29 is 4.39 Å². The van der Waals surface area contributed by atoms with Gasteiger partial charge in [-0.05, 0) is 44.0 Å². The fraction of sp³-hybridized carbons (Fsp3) is 0.462. The molecule has 1 atom stereocenters. The lowest BCUT2D eigenvalue weighted by atomic mass is 10.00. The second-order valence-electron chi connectivity index (χ2n) is 4.72. The summed E-state index contributed by atoms with van der Waals surface area (Å²) in [5.74, 6) is 0.407. The Morgan fingerprint density at radius 3 is 3.24 bits per heavy atom. The van der Waals surface area contributed by atoms with Crippen molar-refractivity contribution in [3.8, 4) is 0 Å². The van der Waals surface area contributed by atoms with Gasteiger partial charge < -0.3 is 9.88 Å². The van der Waals surface area contributed by atoms with Crippen molar-refractivity contribution >= 4 is 11.0 Å². The van der Waals surface area contributed by atoms with Gasteiger partial charge in [0.05, 0.1) is 11.8 Å². The molecule has 0 spiro atoms. The Labute approximate surface area is 99.7 Å². The molecule has 3 rings (SSSR count). The summed E-state index contributed by atoms with van der Waals surface area (Å²) in [5, 5.41) is 3.38. The van der Waals surface area contributed by atoms with Crippen LogP contribution in [0.25, 0.3) is 11.0 Å². The van der Waals surface area contributed by atoms with Gasteiger partial charge >= 0.3 is 0 Å². The minimum absolute atomic E-state index is 0.177. The molecule has 0 amide bonds.